The minimum Gasteiger partial charge on any atom is -0.354 e. The third kappa shape index (κ3) is 7.25. The van der Waals surface area contributed by atoms with Crippen LogP contribution in [0.2, 0.25) is 10.0 Å². The van der Waals surface area contributed by atoms with E-state index in [0.717, 1.165) is 10.7 Å². The van der Waals surface area contributed by atoms with Gasteiger partial charge < -0.3 is 10.2 Å². The molecule has 0 aromatic heterocycles. The molecule has 0 aliphatic rings. The number of hydrogen-bond acceptors (Lipinski definition) is 4. The molecule has 7 nitrogen and oxygen atoms in total. The third-order valence-electron chi connectivity index (χ3n) is 5.74. The van der Waals surface area contributed by atoms with E-state index in [1.54, 1.807) is 61.5 Å². The van der Waals surface area contributed by atoms with Gasteiger partial charge in [0.15, 0.2) is 0 Å². The second kappa shape index (κ2) is 12.9. The number of nitrogens with zero attached hydrogens (tertiary/aromatic N) is 2. The molecule has 3 aromatic rings. The molecule has 3 rings (SSSR count). The average molecular weight is 563 g/mol. The lowest BCUT2D eigenvalue weighted by atomic mass is 10.1. The quantitative estimate of drug-likeness (QED) is 0.351. The van der Waals surface area contributed by atoms with Crippen molar-refractivity contribution in [2.24, 2.45) is 0 Å². The van der Waals surface area contributed by atoms with Gasteiger partial charge in [0.1, 0.15) is 12.6 Å². The van der Waals surface area contributed by atoms with Crippen molar-refractivity contribution in [3.05, 3.63) is 94.5 Å². The zero-order valence-corrected chi connectivity index (χ0v) is 22.9. The molecule has 1 atom stereocenters. The number of carbonyl (C=O) groups is 2. The van der Waals surface area contributed by atoms with Gasteiger partial charge >= 0.3 is 0 Å². The van der Waals surface area contributed by atoms with E-state index < -0.39 is 28.5 Å². The maximum Gasteiger partial charge on any atom is 0.264 e. The van der Waals surface area contributed by atoms with Crippen LogP contribution in [0.4, 0.5) is 5.69 Å². The summed E-state index contributed by atoms with van der Waals surface area (Å²) in [5.74, 6) is -0.894. The van der Waals surface area contributed by atoms with Gasteiger partial charge in [-0.15, -0.1) is 0 Å². The topological polar surface area (TPSA) is 86.8 Å². The van der Waals surface area contributed by atoms with Crippen molar-refractivity contribution in [2.75, 3.05) is 17.4 Å². The first-order valence-electron chi connectivity index (χ1n) is 11.8. The van der Waals surface area contributed by atoms with E-state index in [2.05, 4.69) is 5.32 Å². The first-order chi connectivity index (χ1) is 17.6. The van der Waals surface area contributed by atoms with Crippen molar-refractivity contribution in [1.82, 2.24) is 10.2 Å². The summed E-state index contributed by atoms with van der Waals surface area (Å²) in [5.41, 5.74) is 0.950. The summed E-state index contributed by atoms with van der Waals surface area (Å²) in [4.78, 5) is 27.9. The molecule has 0 fully saturated rings. The SMILES string of the molecule is CCCNC(=O)C(C)N(Cc1ccccc1Cl)C(=O)CN(c1ccccc1)S(=O)(=O)c1ccc(Cl)cc1. The van der Waals surface area contributed by atoms with Gasteiger partial charge in [-0.1, -0.05) is 66.5 Å². The van der Waals surface area contributed by atoms with E-state index in [1.807, 2.05) is 6.92 Å². The van der Waals surface area contributed by atoms with Gasteiger partial charge in [0.05, 0.1) is 10.6 Å². The predicted octanol–water partition coefficient (Wildman–Crippen LogP) is 5.13. The van der Waals surface area contributed by atoms with E-state index in [9.17, 15) is 18.0 Å². The van der Waals surface area contributed by atoms with Crippen LogP contribution < -0.4 is 9.62 Å². The number of amides is 2. The Morgan fingerprint density at radius 2 is 1.54 bits per heavy atom. The monoisotopic (exact) mass is 561 g/mol. The number of sulfonamides is 1. The minimum absolute atomic E-state index is 0.0139. The molecule has 0 aliphatic carbocycles. The van der Waals surface area contributed by atoms with Crippen LogP contribution in [0.5, 0.6) is 0 Å². The lowest BCUT2D eigenvalue weighted by molar-refractivity contribution is -0.139. The summed E-state index contributed by atoms with van der Waals surface area (Å²) in [6.07, 6.45) is 0.734. The maximum atomic E-state index is 13.8. The van der Waals surface area contributed by atoms with Crippen LogP contribution >= 0.6 is 23.2 Å². The largest absolute Gasteiger partial charge is 0.354 e. The second-order valence-electron chi connectivity index (χ2n) is 8.38. The number of para-hydroxylation sites is 1. The molecular weight excluding hydrogens is 533 g/mol. The molecule has 0 radical (unpaired) electrons. The highest BCUT2D eigenvalue weighted by atomic mass is 35.5. The number of anilines is 1. The normalized spacial score (nSPS) is 12.0. The molecule has 3 aromatic carbocycles. The molecule has 1 unspecified atom stereocenters. The lowest BCUT2D eigenvalue weighted by Crippen LogP contribution is -2.51. The first-order valence-corrected chi connectivity index (χ1v) is 14.0. The molecule has 2 amide bonds. The van der Waals surface area contributed by atoms with E-state index in [-0.39, 0.29) is 17.3 Å². The van der Waals surface area contributed by atoms with Gasteiger partial charge in [0.25, 0.3) is 10.0 Å². The molecule has 196 valence electrons. The molecule has 37 heavy (non-hydrogen) atoms. The Kier molecular flexibility index (Phi) is 9.97. The van der Waals surface area contributed by atoms with Crippen molar-refractivity contribution in [1.29, 1.82) is 0 Å². The highest BCUT2D eigenvalue weighted by Crippen LogP contribution is 2.26. The Morgan fingerprint density at radius 3 is 2.16 bits per heavy atom. The van der Waals surface area contributed by atoms with Gasteiger partial charge in [0, 0.05) is 23.1 Å². The average Bonchev–Trinajstić information content (AvgIpc) is 2.90. The molecule has 0 aliphatic heterocycles. The van der Waals surface area contributed by atoms with Crippen molar-refractivity contribution < 1.29 is 18.0 Å². The fourth-order valence-corrected chi connectivity index (χ4v) is 5.38. The smallest absolute Gasteiger partial charge is 0.264 e. The Bertz CT molecular complexity index is 1320. The zero-order valence-electron chi connectivity index (χ0n) is 20.6. The number of rotatable bonds is 11. The Labute approximate surface area is 228 Å². The molecule has 0 saturated carbocycles. The summed E-state index contributed by atoms with van der Waals surface area (Å²) >= 11 is 12.3. The van der Waals surface area contributed by atoms with Crippen LogP contribution in [0.25, 0.3) is 0 Å². The predicted molar refractivity (Wildman–Crippen MR) is 147 cm³/mol. The van der Waals surface area contributed by atoms with Crippen molar-refractivity contribution in [3.63, 3.8) is 0 Å². The Hall–Kier alpha value is -3.07. The molecule has 0 heterocycles. The number of halogens is 2. The molecule has 0 saturated heterocycles. The fourth-order valence-electron chi connectivity index (χ4n) is 3.65. The van der Waals surface area contributed by atoms with Crippen LogP contribution in [0.1, 0.15) is 25.8 Å². The highest BCUT2D eigenvalue weighted by molar-refractivity contribution is 7.92. The van der Waals surface area contributed by atoms with E-state index >= 15 is 0 Å². The van der Waals surface area contributed by atoms with E-state index in [0.29, 0.717) is 27.8 Å². The zero-order chi connectivity index (χ0) is 27.0. The lowest BCUT2D eigenvalue weighted by Gasteiger charge is -2.32. The van der Waals surface area contributed by atoms with Crippen molar-refractivity contribution in [3.8, 4) is 0 Å². The van der Waals surface area contributed by atoms with Crippen molar-refractivity contribution in [2.45, 2.75) is 37.8 Å². The minimum atomic E-state index is -4.14. The number of benzene rings is 3. The summed E-state index contributed by atoms with van der Waals surface area (Å²) in [5, 5.41) is 3.63. The highest BCUT2D eigenvalue weighted by Gasteiger charge is 2.32. The number of carbonyl (C=O) groups excluding carboxylic acids is 2. The second-order valence-corrected chi connectivity index (χ2v) is 11.1. The molecule has 0 spiro atoms. The van der Waals surface area contributed by atoms with Crippen LogP contribution in [-0.2, 0) is 26.2 Å². The summed E-state index contributed by atoms with van der Waals surface area (Å²) < 4.78 is 28.4. The Balaban J connectivity index is 2.00. The van der Waals surface area contributed by atoms with Gasteiger partial charge in [-0.3, -0.25) is 13.9 Å². The Morgan fingerprint density at radius 1 is 0.919 bits per heavy atom. The first kappa shape index (κ1) is 28.5. The number of nitrogens with one attached hydrogen (secondary N) is 1. The van der Waals surface area contributed by atoms with Crippen LogP contribution in [0.3, 0.4) is 0 Å². The van der Waals surface area contributed by atoms with E-state index in [4.69, 9.17) is 23.2 Å². The van der Waals surface area contributed by atoms with Gasteiger partial charge in [-0.25, -0.2) is 8.42 Å². The molecule has 1 N–H and O–H groups in total. The summed E-state index contributed by atoms with van der Waals surface area (Å²) in [6, 6.07) is 20.2. The van der Waals surface area contributed by atoms with Crippen molar-refractivity contribution >= 4 is 50.7 Å². The summed E-state index contributed by atoms with van der Waals surface area (Å²) in [6.45, 7) is 3.50. The van der Waals surface area contributed by atoms with Gasteiger partial charge in [-0.05, 0) is 61.4 Å². The number of hydrogen-bond donors (Lipinski definition) is 1. The fraction of sp³-hybridized carbons (Fsp3) is 0.259. The van der Waals surface area contributed by atoms with Crippen LogP contribution in [-0.4, -0.2) is 44.3 Å². The van der Waals surface area contributed by atoms with E-state index in [1.165, 1.54) is 29.2 Å². The van der Waals surface area contributed by atoms with Crippen LogP contribution in [0, 0.1) is 0 Å². The maximum absolute atomic E-state index is 13.8. The third-order valence-corrected chi connectivity index (χ3v) is 8.15. The standard InChI is InChI=1S/C27H29Cl2N3O4S/c1-3-17-30-27(34)20(2)31(18-21-9-7-8-12-25(21)29)26(33)19-32(23-10-5-4-6-11-23)37(35,36)24-15-13-22(28)14-16-24/h4-16,20H,3,17-19H2,1-2H3,(H,30,34). The molecular formula is C27H29Cl2N3O4S. The molecule has 10 heteroatoms. The summed E-state index contributed by atoms with van der Waals surface area (Å²) in [7, 11) is -4.14. The van der Waals surface area contributed by atoms with Gasteiger partial charge in [0.2, 0.25) is 11.8 Å². The van der Waals surface area contributed by atoms with Gasteiger partial charge in [-0.2, -0.15) is 0 Å². The molecule has 0 bridgehead atoms. The van der Waals surface area contributed by atoms with Crippen LogP contribution in [0.15, 0.2) is 83.8 Å².